The van der Waals surface area contributed by atoms with Crippen molar-refractivity contribution >= 4 is 22.4 Å². The summed E-state index contributed by atoms with van der Waals surface area (Å²) in [6, 6.07) is 16.1. The second-order valence-corrected chi connectivity index (χ2v) is 6.97. The van der Waals surface area contributed by atoms with Crippen molar-refractivity contribution in [2.24, 2.45) is 0 Å². The molecule has 1 N–H and O–H groups in total. The second-order valence-electron chi connectivity index (χ2n) is 5.85. The lowest BCUT2D eigenvalue weighted by Crippen LogP contribution is -2.20. The number of benzene rings is 2. The van der Waals surface area contributed by atoms with Crippen LogP contribution >= 0.6 is 11.3 Å². The summed E-state index contributed by atoms with van der Waals surface area (Å²) in [4.78, 5) is 17.5. The van der Waals surface area contributed by atoms with E-state index in [1.165, 1.54) is 16.9 Å². The summed E-state index contributed by atoms with van der Waals surface area (Å²) >= 11 is 1.49. The molecule has 0 aliphatic rings. The van der Waals surface area contributed by atoms with Gasteiger partial charge in [-0.3, -0.25) is 10.1 Å². The summed E-state index contributed by atoms with van der Waals surface area (Å²) in [6.07, 6.45) is 2.62. The highest BCUT2D eigenvalue weighted by Gasteiger charge is 2.10. The molecule has 5 heteroatoms. The number of nitrogens with one attached hydrogen (secondary N) is 1. The number of aryl methyl sites for hydroxylation is 2. The molecule has 0 bridgehead atoms. The first kappa shape index (κ1) is 17.2. The van der Waals surface area contributed by atoms with E-state index in [0.717, 1.165) is 28.2 Å². The number of hydrogen-bond acceptors (Lipinski definition) is 4. The third-order valence-corrected chi connectivity index (χ3v) is 4.69. The van der Waals surface area contributed by atoms with Crippen LogP contribution < -0.4 is 10.1 Å². The highest BCUT2D eigenvalue weighted by Crippen LogP contribution is 2.23. The molecule has 0 unspecified atom stereocenters. The van der Waals surface area contributed by atoms with Crippen LogP contribution in [0.1, 0.15) is 21.6 Å². The van der Waals surface area contributed by atoms with E-state index in [1.807, 2.05) is 50.2 Å². The molecule has 3 rings (SSSR count). The van der Waals surface area contributed by atoms with E-state index in [4.69, 9.17) is 4.74 Å². The van der Waals surface area contributed by atoms with Crippen LogP contribution in [0.2, 0.25) is 0 Å². The van der Waals surface area contributed by atoms with Crippen LogP contribution in [-0.2, 0) is 11.2 Å². The topological polar surface area (TPSA) is 51.2 Å². The van der Waals surface area contributed by atoms with Crippen LogP contribution in [0.15, 0.2) is 54.7 Å². The number of ether oxygens (including phenoxy) is 1. The number of amides is 1. The molecule has 0 saturated carbocycles. The monoisotopic (exact) mass is 352 g/mol. The molecule has 1 heterocycles. The highest BCUT2D eigenvalue weighted by molar-refractivity contribution is 7.15. The Morgan fingerprint density at radius 1 is 1.08 bits per heavy atom. The Morgan fingerprint density at radius 3 is 2.52 bits per heavy atom. The second kappa shape index (κ2) is 7.94. The van der Waals surface area contributed by atoms with Gasteiger partial charge in [0.05, 0.1) is 0 Å². The predicted molar refractivity (Wildman–Crippen MR) is 101 cm³/mol. The summed E-state index contributed by atoms with van der Waals surface area (Å²) in [5.41, 5.74) is 3.27. The minimum absolute atomic E-state index is 0.0285. The Morgan fingerprint density at radius 2 is 1.80 bits per heavy atom. The molecule has 3 aromatic rings. The molecular weight excluding hydrogens is 332 g/mol. The van der Waals surface area contributed by atoms with Crippen LogP contribution in [0.25, 0.3) is 0 Å². The average Bonchev–Trinajstić information content (AvgIpc) is 3.02. The van der Waals surface area contributed by atoms with Crippen LogP contribution in [0.3, 0.4) is 0 Å². The van der Waals surface area contributed by atoms with Crippen molar-refractivity contribution in [3.05, 3.63) is 76.3 Å². The van der Waals surface area contributed by atoms with Crippen LogP contribution in [0.4, 0.5) is 5.13 Å². The molecule has 0 aliphatic heterocycles. The molecule has 2 aromatic carbocycles. The molecule has 0 fully saturated rings. The van der Waals surface area contributed by atoms with Gasteiger partial charge in [0, 0.05) is 17.5 Å². The zero-order valence-corrected chi connectivity index (χ0v) is 15.1. The van der Waals surface area contributed by atoms with Gasteiger partial charge < -0.3 is 4.74 Å². The summed E-state index contributed by atoms with van der Waals surface area (Å²) < 4.78 is 5.67. The van der Waals surface area contributed by atoms with E-state index >= 15 is 0 Å². The molecule has 0 spiro atoms. The minimum atomic E-state index is -0.205. The molecule has 0 saturated heterocycles. The number of thiazole rings is 1. The molecule has 0 atom stereocenters. The highest BCUT2D eigenvalue weighted by atomic mass is 32.1. The summed E-state index contributed by atoms with van der Waals surface area (Å²) in [5.74, 6) is 0.560. The number of carbonyl (C=O) groups is 1. The van der Waals surface area contributed by atoms with E-state index in [-0.39, 0.29) is 12.5 Å². The summed E-state index contributed by atoms with van der Waals surface area (Å²) in [5, 5.41) is 3.40. The number of hydrogen-bond donors (Lipinski definition) is 1. The Bertz CT molecular complexity index is 839. The molecule has 4 nitrogen and oxygen atoms in total. The maximum atomic E-state index is 12.1. The number of carbonyl (C=O) groups excluding carboxylic acids is 1. The lowest BCUT2D eigenvalue weighted by Gasteiger charge is -2.11. The van der Waals surface area contributed by atoms with Gasteiger partial charge >= 0.3 is 0 Å². The first-order valence-electron chi connectivity index (χ1n) is 8.09. The van der Waals surface area contributed by atoms with E-state index in [9.17, 15) is 4.79 Å². The van der Waals surface area contributed by atoms with Crippen molar-refractivity contribution in [1.82, 2.24) is 4.98 Å². The van der Waals surface area contributed by atoms with E-state index in [1.54, 1.807) is 6.20 Å². The number of aromatic nitrogens is 1. The summed E-state index contributed by atoms with van der Waals surface area (Å²) in [7, 11) is 0. The predicted octanol–water partition coefficient (Wildman–Crippen LogP) is 4.37. The fourth-order valence-electron chi connectivity index (χ4n) is 2.56. The standard InChI is InChI=1S/C20H20N2O2S/c1-14-7-6-8-15(2)19(14)24-13-18(23)22-20-21-12-17(25-20)11-16-9-4-3-5-10-16/h3-10,12H,11,13H2,1-2H3,(H,21,22,23). The van der Waals surface area contributed by atoms with Crippen molar-refractivity contribution in [3.63, 3.8) is 0 Å². The largest absolute Gasteiger partial charge is 0.483 e. The van der Waals surface area contributed by atoms with Crippen molar-refractivity contribution < 1.29 is 9.53 Å². The summed E-state index contributed by atoms with van der Waals surface area (Å²) in [6.45, 7) is 3.91. The minimum Gasteiger partial charge on any atom is -0.483 e. The van der Waals surface area contributed by atoms with Crippen molar-refractivity contribution in [2.75, 3.05) is 11.9 Å². The fraction of sp³-hybridized carbons (Fsp3) is 0.200. The first-order valence-corrected chi connectivity index (χ1v) is 8.91. The van der Waals surface area contributed by atoms with Gasteiger partial charge in [-0.1, -0.05) is 48.5 Å². The number of nitrogens with zero attached hydrogens (tertiary/aromatic N) is 1. The van der Waals surface area contributed by atoms with Crippen molar-refractivity contribution in [2.45, 2.75) is 20.3 Å². The zero-order valence-electron chi connectivity index (χ0n) is 14.3. The van der Waals surface area contributed by atoms with Crippen molar-refractivity contribution in [1.29, 1.82) is 0 Å². The average molecular weight is 352 g/mol. The third kappa shape index (κ3) is 4.67. The fourth-order valence-corrected chi connectivity index (χ4v) is 3.43. The SMILES string of the molecule is Cc1cccc(C)c1OCC(=O)Nc1ncc(Cc2ccccc2)s1. The molecule has 128 valence electrons. The quantitative estimate of drug-likeness (QED) is 0.717. The zero-order chi connectivity index (χ0) is 17.6. The van der Waals surface area contributed by atoms with Crippen molar-refractivity contribution in [3.8, 4) is 5.75 Å². The maximum Gasteiger partial charge on any atom is 0.264 e. The van der Waals surface area contributed by atoms with Gasteiger partial charge in [0.2, 0.25) is 0 Å². The van der Waals surface area contributed by atoms with Crippen LogP contribution in [0, 0.1) is 13.8 Å². The van der Waals surface area contributed by atoms with Gasteiger partial charge in [0.15, 0.2) is 11.7 Å². The Hall–Kier alpha value is -2.66. The van der Waals surface area contributed by atoms with Gasteiger partial charge in [-0.25, -0.2) is 4.98 Å². The normalized spacial score (nSPS) is 10.5. The lowest BCUT2D eigenvalue weighted by molar-refractivity contribution is -0.118. The van der Waals surface area contributed by atoms with Crippen LogP contribution in [-0.4, -0.2) is 17.5 Å². The van der Waals surface area contributed by atoms with Gasteiger partial charge in [0.25, 0.3) is 5.91 Å². The molecular formula is C20H20N2O2S. The Labute approximate surface area is 151 Å². The molecule has 0 aliphatic carbocycles. The van der Waals surface area contributed by atoms with Crippen LogP contribution in [0.5, 0.6) is 5.75 Å². The molecule has 1 amide bonds. The van der Waals surface area contributed by atoms with Gasteiger partial charge in [0.1, 0.15) is 5.75 Å². The van der Waals surface area contributed by atoms with Gasteiger partial charge in [-0.2, -0.15) is 0 Å². The Balaban J connectivity index is 1.55. The smallest absolute Gasteiger partial charge is 0.264 e. The van der Waals surface area contributed by atoms with E-state index < -0.39 is 0 Å². The number of anilines is 1. The maximum absolute atomic E-state index is 12.1. The lowest BCUT2D eigenvalue weighted by atomic mass is 10.1. The van der Waals surface area contributed by atoms with E-state index in [2.05, 4.69) is 22.4 Å². The molecule has 25 heavy (non-hydrogen) atoms. The Kier molecular flexibility index (Phi) is 5.46. The van der Waals surface area contributed by atoms with Gasteiger partial charge in [-0.15, -0.1) is 11.3 Å². The van der Waals surface area contributed by atoms with E-state index in [0.29, 0.717) is 5.13 Å². The third-order valence-electron chi connectivity index (χ3n) is 3.78. The number of rotatable bonds is 6. The first-order chi connectivity index (χ1) is 12.1. The van der Waals surface area contributed by atoms with Gasteiger partial charge in [-0.05, 0) is 30.5 Å². The number of para-hydroxylation sites is 1. The molecule has 0 radical (unpaired) electrons. The molecule has 1 aromatic heterocycles.